The number of ether oxygens (including phenoxy) is 6. The molecule has 0 aromatic rings. The second-order valence-electron chi connectivity index (χ2n) is 23.5. The topological polar surface area (TPSA) is 198 Å². The molecule has 0 spiro atoms. The van der Waals surface area contributed by atoms with Crippen LogP contribution >= 0.6 is 0 Å². The third kappa shape index (κ3) is 11.1. The number of esters is 6. The molecule has 8 atom stereocenters. The van der Waals surface area contributed by atoms with Gasteiger partial charge in [-0.1, -0.05) is 27.7 Å². The lowest BCUT2D eigenvalue weighted by Gasteiger charge is -2.62. The molecular weight excluding hydrogens is 825 g/mol. The number of hydrogen-bond donors (Lipinski definition) is 2. The van der Waals surface area contributed by atoms with Crippen molar-refractivity contribution in [2.24, 2.45) is 45.8 Å². The summed E-state index contributed by atoms with van der Waals surface area (Å²) in [5.74, 6) is -3.79. The lowest BCUT2D eigenvalue weighted by atomic mass is 9.50. The highest BCUT2D eigenvalue weighted by Crippen LogP contribution is 2.61. The van der Waals surface area contributed by atoms with Crippen LogP contribution in [0.25, 0.3) is 0 Å². The Morgan fingerprint density at radius 3 is 1.70 bits per heavy atom. The highest BCUT2D eigenvalue weighted by Gasteiger charge is 2.70. The molecule has 0 amide bonds. The van der Waals surface area contributed by atoms with E-state index in [0.29, 0.717) is 32.1 Å². The molecule has 14 heteroatoms. The van der Waals surface area contributed by atoms with Crippen LogP contribution in [-0.4, -0.2) is 92.8 Å². The van der Waals surface area contributed by atoms with Gasteiger partial charge < -0.3 is 38.6 Å². The number of aliphatic hydroxyl groups is 2. The van der Waals surface area contributed by atoms with Crippen molar-refractivity contribution < 1.29 is 67.4 Å². The summed E-state index contributed by atoms with van der Waals surface area (Å²) >= 11 is 0. The minimum absolute atomic E-state index is 0.0197. The SMILES string of the molecule is CCC(C)(C)C(=O)OC12CC3CC(O)(CC(O)(C3)C1)C2.CCC(C)(C)C(=O)OCC(=O)OC1C2CC3C1OC(=O)C3C2C(=O)OC(C)(C)C.CCC1(OC(=O)C(C)(C)CC)CCCC1. The molecule has 7 aliphatic carbocycles. The van der Waals surface area contributed by atoms with Crippen LogP contribution in [0.2, 0.25) is 0 Å². The van der Waals surface area contributed by atoms with Gasteiger partial charge in [0.25, 0.3) is 0 Å². The van der Waals surface area contributed by atoms with Gasteiger partial charge in [0, 0.05) is 31.1 Å². The van der Waals surface area contributed by atoms with Gasteiger partial charge in [-0.3, -0.25) is 24.0 Å². The van der Waals surface area contributed by atoms with Gasteiger partial charge in [0.05, 0.1) is 39.3 Å². The third-order valence-corrected chi connectivity index (χ3v) is 15.9. The summed E-state index contributed by atoms with van der Waals surface area (Å²) in [6, 6.07) is 0. The molecule has 1 heterocycles. The van der Waals surface area contributed by atoms with Gasteiger partial charge in [0.1, 0.15) is 29.0 Å². The van der Waals surface area contributed by atoms with Gasteiger partial charge in [0.2, 0.25) is 0 Å². The Hall–Kier alpha value is -3.26. The first kappa shape index (κ1) is 51.7. The normalized spacial score (nSPS) is 34.1. The first-order chi connectivity index (χ1) is 29.4. The maximum absolute atomic E-state index is 12.7. The number of carbonyl (C=O) groups is 6. The summed E-state index contributed by atoms with van der Waals surface area (Å²) in [6.07, 6.45) is 10.6. The fourth-order valence-corrected chi connectivity index (χ4v) is 11.4. The average Bonchev–Trinajstić information content (AvgIpc) is 3.94. The summed E-state index contributed by atoms with van der Waals surface area (Å²) in [4.78, 5) is 73.8. The first-order valence-electron chi connectivity index (χ1n) is 24.1. The van der Waals surface area contributed by atoms with Gasteiger partial charge >= 0.3 is 35.8 Å². The molecule has 364 valence electrons. The van der Waals surface area contributed by atoms with Crippen molar-refractivity contribution >= 4 is 35.8 Å². The van der Waals surface area contributed by atoms with Crippen LogP contribution in [0, 0.1) is 45.8 Å². The van der Waals surface area contributed by atoms with Crippen molar-refractivity contribution in [3.8, 4) is 0 Å². The Labute approximate surface area is 381 Å². The van der Waals surface area contributed by atoms with E-state index >= 15 is 0 Å². The highest BCUT2D eigenvalue weighted by molar-refractivity contribution is 5.86. The second kappa shape index (κ2) is 18.4. The molecule has 0 radical (unpaired) electrons. The van der Waals surface area contributed by atoms with E-state index in [9.17, 15) is 39.0 Å². The molecule has 0 aromatic carbocycles. The van der Waals surface area contributed by atoms with Crippen LogP contribution in [-0.2, 0) is 57.2 Å². The van der Waals surface area contributed by atoms with Crippen LogP contribution in [0.5, 0.6) is 0 Å². The standard InChI is InChI=1S/C21H30O8.C16H26O4.C13H24O2/c1-7-21(5,6)19(25)26-9-12(22)27-15-11-8-10-13(17(23)28-16(10)15)14(11)18(24)29-20(2,3)4;1-4-13(2,3)12(17)20-16-7-11-5-14(18,9-16)8-15(19,6-11)10-16;1-5-12(3,4)11(14)15-13(6-2)9-7-8-10-13/h10-11,13-16H,7-9H2,1-6H3;11,18-19H,4-10H2,1-3H3;5-10H2,1-4H3. The predicted molar refractivity (Wildman–Crippen MR) is 235 cm³/mol. The monoisotopic (exact) mass is 905 g/mol. The number of fused-ring (bicyclic) bond motifs is 1. The Morgan fingerprint density at radius 2 is 1.22 bits per heavy atom. The molecule has 8 rings (SSSR count). The van der Waals surface area contributed by atoms with Crippen molar-refractivity contribution in [3.63, 3.8) is 0 Å². The Morgan fingerprint density at radius 1 is 0.703 bits per heavy atom. The van der Waals surface area contributed by atoms with E-state index in [1.165, 1.54) is 12.8 Å². The lowest BCUT2D eigenvalue weighted by Crippen LogP contribution is -2.67. The van der Waals surface area contributed by atoms with E-state index in [0.717, 1.165) is 51.4 Å². The molecule has 8 unspecified atom stereocenters. The molecule has 8 fully saturated rings. The van der Waals surface area contributed by atoms with Crippen LogP contribution in [0.3, 0.4) is 0 Å². The van der Waals surface area contributed by atoms with Crippen molar-refractivity contribution in [3.05, 3.63) is 0 Å². The van der Waals surface area contributed by atoms with Crippen LogP contribution in [0.1, 0.15) is 186 Å². The molecule has 64 heavy (non-hydrogen) atoms. The largest absolute Gasteiger partial charge is 0.460 e. The highest BCUT2D eigenvalue weighted by atomic mass is 16.6. The summed E-state index contributed by atoms with van der Waals surface area (Å²) < 4.78 is 33.2. The Kier molecular flexibility index (Phi) is 14.9. The maximum Gasteiger partial charge on any atom is 0.344 e. The van der Waals surface area contributed by atoms with Gasteiger partial charge in [-0.25, -0.2) is 4.79 Å². The fourth-order valence-electron chi connectivity index (χ4n) is 11.4. The van der Waals surface area contributed by atoms with Gasteiger partial charge in [-0.15, -0.1) is 0 Å². The second-order valence-corrected chi connectivity index (χ2v) is 23.5. The van der Waals surface area contributed by atoms with Gasteiger partial charge in [-0.05, 0) is 145 Å². The molecule has 8 aliphatic rings. The molecular formula is C50H80O14. The molecule has 14 nitrogen and oxygen atoms in total. The Balaban J connectivity index is 0.000000192. The van der Waals surface area contributed by atoms with Crippen molar-refractivity contribution in [2.45, 2.75) is 227 Å². The summed E-state index contributed by atoms with van der Waals surface area (Å²) in [7, 11) is 0. The Bertz CT molecular complexity index is 1750. The summed E-state index contributed by atoms with van der Waals surface area (Å²) in [5.41, 5.74) is -4.68. The van der Waals surface area contributed by atoms with Gasteiger partial charge in [-0.2, -0.15) is 0 Å². The molecule has 1 aliphatic heterocycles. The molecule has 6 bridgehead atoms. The smallest absolute Gasteiger partial charge is 0.344 e. The minimum Gasteiger partial charge on any atom is -0.460 e. The third-order valence-electron chi connectivity index (χ3n) is 15.9. The van der Waals surface area contributed by atoms with Crippen LogP contribution in [0.15, 0.2) is 0 Å². The first-order valence-corrected chi connectivity index (χ1v) is 24.1. The van der Waals surface area contributed by atoms with E-state index in [1.807, 2.05) is 48.5 Å². The average molecular weight is 905 g/mol. The minimum atomic E-state index is -0.842. The number of hydrogen-bond acceptors (Lipinski definition) is 14. The van der Waals surface area contributed by atoms with Crippen molar-refractivity contribution in [1.82, 2.24) is 0 Å². The van der Waals surface area contributed by atoms with E-state index in [4.69, 9.17) is 28.4 Å². The van der Waals surface area contributed by atoms with Crippen molar-refractivity contribution in [1.29, 1.82) is 0 Å². The lowest BCUT2D eigenvalue weighted by molar-refractivity contribution is -0.264. The summed E-state index contributed by atoms with van der Waals surface area (Å²) in [5, 5.41) is 21.3. The van der Waals surface area contributed by atoms with E-state index < -0.39 is 87.8 Å². The van der Waals surface area contributed by atoms with Crippen LogP contribution < -0.4 is 0 Å². The van der Waals surface area contributed by atoms with E-state index in [1.54, 1.807) is 34.6 Å². The zero-order valence-corrected chi connectivity index (χ0v) is 41.1. The van der Waals surface area contributed by atoms with Gasteiger partial charge in [0.15, 0.2) is 6.61 Å². The predicted octanol–water partition coefficient (Wildman–Crippen LogP) is 7.88. The maximum atomic E-state index is 12.7. The van der Waals surface area contributed by atoms with E-state index in [2.05, 4.69) is 6.92 Å². The molecule has 2 N–H and O–H groups in total. The molecule has 7 saturated carbocycles. The summed E-state index contributed by atoms with van der Waals surface area (Å²) in [6.45, 7) is 23.9. The molecule has 0 aromatic heterocycles. The van der Waals surface area contributed by atoms with Crippen LogP contribution in [0.4, 0.5) is 0 Å². The molecule has 1 saturated heterocycles. The fraction of sp³-hybridized carbons (Fsp3) is 0.880. The van der Waals surface area contributed by atoms with Crippen molar-refractivity contribution in [2.75, 3.05) is 6.61 Å². The zero-order valence-electron chi connectivity index (χ0n) is 41.1. The quantitative estimate of drug-likeness (QED) is 0.134. The zero-order chi connectivity index (χ0) is 48.1. The van der Waals surface area contributed by atoms with E-state index in [-0.39, 0.29) is 40.7 Å². The number of rotatable bonds is 13. The number of carbonyl (C=O) groups excluding carboxylic acids is 6.